The number of carbonyl (C=O) groups is 1. The van der Waals surface area contributed by atoms with Gasteiger partial charge in [0.15, 0.2) is 11.8 Å². The van der Waals surface area contributed by atoms with E-state index < -0.39 is 18.2 Å². The number of carboxylic acids is 1. The lowest BCUT2D eigenvalue weighted by atomic mass is 10.1. The number of halogens is 3. The average Bonchev–Trinajstić information content (AvgIpc) is 3.18. The van der Waals surface area contributed by atoms with E-state index >= 15 is 0 Å². The van der Waals surface area contributed by atoms with Crippen molar-refractivity contribution in [1.82, 2.24) is 4.98 Å². The number of nitrogens with zero attached hydrogens (tertiary/aromatic N) is 1. The van der Waals surface area contributed by atoms with Crippen molar-refractivity contribution in [2.75, 3.05) is 0 Å². The maximum Gasteiger partial charge on any atom is 0.425 e. The predicted molar refractivity (Wildman–Crippen MR) is 63.9 cm³/mol. The summed E-state index contributed by atoms with van der Waals surface area (Å²) >= 11 is 0. The lowest BCUT2D eigenvalue weighted by Gasteiger charge is -2.21. The van der Waals surface area contributed by atoms with Gasteiger partial charge in [-0.05, 0) is 31.2 Å². The first-order valence-corrected chi connectivity index (χ1v) is 6.30. The van der Waals surface area contributed by atoms with Gasteiger partial charge in [0.05, 0.1) is 0 Å². The zero-order valence-corrected chi connectivity index (χ0v) is 10.8. The minimum Gasteiger partial charge on any atom is -0.477 e. The molecule has 7 heteroatoms. The van der Waals surface area contributed by atoms with E-state index in [1.807, 2.05) is 0 Å². The standard InChI is InChI=1S/C13H14F3NO3/c1-2-10(13(14,15)16)20-11-8(7-3-4-7)5-6-9(17-11)12(18)19/h5-7,10H,2-4H2,1H3,(H,18,19)/t10-/m1/s1. The molecule has 0 bridgehead atoms. The first kappa shape index (κ1) is 14.6. The second kappa shape index (κ2) is 5.30. The van der Waals surface area contributed by atoms with Gasteiger partial charge in [0.1, 0.15) is 0 Å². The van der Waals surface area contributed by atoms with Gasteiger partial charge >= 0.3 is 12.1 Å². The Balaban J connectivity index is 2.32. The van der Waals surface area contributed by atoms with E-state index in [-0.39, 0.29) is 23.9 Å². The van der Waals surface area contributed by atoms with Gasteiger partial charge in [0, 0.05) is 5.56 Å². The van der Waals surface area contributed by atoms with Crippen LogP contribution in [0.2, 0.25) is 0 Å². The van der Waals surface area contributed by atoms with Gasteiger partial charge in [-0.1, -0.05) is 13.0 Å². The summed E-state index contributed by atoms with van der Waals surface area (Å²) in [6.07, 6.45) is -5.03. The second-order valence-electron chi connectivity index (χ2n) is 4.73. The van der Waals surface area contributed by atoms with Gasteiger partial charge in [-0.15, -0.1) is 0 Å². The van der Waals surface area contributed by atoms with Crippen molar-refractivity contribution in [3.05, 3.63) is 23.4 Å². The van der Waals surface area contributed by atoms with Gasteiger partial charge in [0.25, 0.3) is 0 Å². The third-order valence-electron chi connectivity index (χ3n) is 3.12. The Labute approximate surface area is 113 Å². The molecule has 20 heavy (non-hydrogen) atoms. The highest BCUT2D eigenvalue weighted by molar-refractivity contribution is 5.85. The van der Waals surface area contributed by atoms with E-state index in [0.717, 1.165) is 12.8 Å². The lowest BCUT2D eigenvalue weighted by Crippen LogP contribution is -2.34. The van der Waals surface area contributed by atoms with Gasteiger partial charge in [-0.2, -0.15) is 13.2 Å². The van der Waals surface area contributed by atoms with Crippen molar-refractivity contribution < 1.29 is 27.8 Å². The normalized spacial score (nSPS) is 16.8. The number of pyridine rings is 1. The Morgan fingerprint density at radius 3 is 2.60 bits per heavy atom. The van der Waals surface area contributed by atoms with E-state index in [0.29, 0.717) is 5.56 Å². The third kappa shape index (κ3) is 3.20. The van der Waals surface area contributed by atoms with Crippen LogP contribution >= 0.6 is 0 Å². The zero-order chi connectivity index (χ0) is 14.9. The molecule has 1 saturated carbocycles. The number of hydrogen-bond donors (Lipinski definition) is 1. The van der Waals surface area contributed by atoms with Gasteiger partial charge in [0.2, 0.25) is 5.88 Å². The molecule has 0 spiro atoms. The van der Waals surface area contributed by atoms with Crippen LogP contribution in [-0.4, -0.2) is 28.3 Å². The van der Waals surface area contributed by atoms with Crippen LogP contribution < -0.4 is 4.74 Å². The maximum atomic E-state index is 12.7. The highest BCUT2D eigenvalue weighted by Crippen LogP contribution is 2.44. The lowest BCUT2D eigenvalue weighted by molar-refractivity contribution is -0.196. The predicted octanol–water partition coefficient (Wildman–Crippen LogP) is 3.38. The fourth-order valence-corrected chi connectivity index (χ4v) is 1.89. The largest absolute Gasteiger partial charge is 0.477 e. The number of alkyl halides is 3. The molecule has 1 aliphatic carbocycles. The fraction of sp³-hybridized carbons (Fsp3) is 0.538. The first-order chi connectivity index (χ1) is 9.32. The monoisotopic (exact) mass is 289 g/mol. The number of hydrogen-bond acceptors (Lipinski definition) is 3. The minimum atomic E-state index is -4.50. The number of aromatic nitrogens is 1. The van der Waals surface area contributed by atoms with Crippen LogP contribution in [0.25, 0.3) is 0 Å². The summed E-state index contributed by atoms with van der Waals surface area (Å²) in [6.45, 7) is 1.36. The van der Waals surface area contributed by atoms with Crippen LogP contribution in [0.15, 0.2) is 12.1 Å². The number of rotatable bonds is 5. The van der Waals surface area contributed by atoms with E-state index in [1.165, 1.54) is 19.1 Å². The Morgan fingerprint density at radius 1 is 1.50 bits per heavy atom. The van der Waals surface area contributed by atoms with E-state index in [4.69, 9.17) is 9.84 Å². The third-order valence-corrected chi connectivity index (χ3v) is 3.12. The van der Waals surface area contributed by atoms with Gasteiger partial charge in [-0.25, -0.2) is 9.78 Å². The molecule has 110 valence electrons. The summed E-state index contributed by atoms with van der Waals surface area (Å²) in [6, 6.07) is 2.78. The van der Waals surface area contributed by atoms with Crippen molar-refractivity contribution in [2.24, 2.45) is 0 Å². The van der Waals surface area contributed by atoms with E-state index in [2.05, 4.69) is 4.98 Å². The Kier molecular flexibility index (Phi) is 3.87. The molecule has 1 aromatic rings. The molecular formula is C13H14F3NO3. The quantitative estimate of drug-likeness (QED) is 0.902. The van der Waals surface area contributed by atoms with E-state index in [9.17, 15) is 18.0 Å². The molecule has 0 amide bonds. The molecule has 4 nitrogen and oxygen atoms in total. The molecule has 1 aromatic heterocycles. The van der Waals surface area contributed by atoms with Crippen LogP contribution in [0.4, 0.5) is 13.2 Å². The summed E-state index contributed by atoms with van der Waals surface area (Å²) in [7, 11) is 0. The highest BCUT2D eigenvalue weighted by Gasteiger charge is 2.41. The Morgan fingerprint density at radius 2 is 2.15 bits per heavy atom. The fourth-order valence-electron chi connectivity index (χ4n) is 1.89. The van der Waals surface area contributed by atoms with Crippen LogP contribution in [0.5, 0.6) is 5.88 Å². The summed E-state index contributed by atoms with van der Waals surface area (Å²) in [4.78, 5) is 14.6. The SMILES string of the molecule is CC[C@@H](Oc1nc(C(=O)O)ccc1C1CC1)C(F)(F)F. The molecule has 0 aliphatic heterocycles. The summed E-state index contributed by atoms with van der Waals surface area (Å²) in [5, 5.41) is 8.87. The minimum absolute atomic E-state index is 0.117. The molecule has 0 saturated heterocycles. The van der Waals surface area contributed by atoms with E-state index in [1.54, 1.807) is 0 Å². The van der Waals surface area contributed by atoms with Crippen molar-refractivity contribution in [2.45, 2.75) is 44.4 Å². The zero-order valence-electron chi connectivity index (χ0n) is 10.8. The van der Waals surface area contributed by atoms with Gasteiger partial charge in [-0.3, -0.25) is 0 Å². The van der Waals surface area contributed by atoms with Crippen LogP contribution in [0, 0.1) is 0 Å². The first-order valence-electron chi connectivity index (χ1n) is 6.30. The summed E-state index contributed by atoms with van der Waals surface area (Å²) in [5.41, 5.74) is 0.235. The Hall–Kier alpha value is -1.79. The van der Waals surface area contributed by atoms with Crippen LogP contribution in [0.1, 0.15) is 48.2 Å². The maximum absolute atomic E-state index is 12.7. The molecule has 0 unspecified atom stereocenters. The second-order valence-corrected chi connectivity index (χ2v) is 4.73. The summed E-state index contributed by atoms with van der Waals surface area (Å²) in [5.74, 6) is -1.39. The van der Waals surface area contributed by atoms with Crippen molar-refractivity contribution >= 4 is 5.97 Å². The molecule has 0 aromatic carbocycles. The molecule has 0 radical (unpaired) electrons. The average molecular weight is 289 g/mol. The molecule has 1 N–H and O–H groups in total. The number of carboxylic acid groups (broad SMARTS) is 1. The topological polar surface area (TPSA) is 59.4 Å². The highest BCUT2D eigenvalue weighted by atomic mass is 19.4. The Bertz CT molecular complexity index is 512. The molecule has 1 fully saturated rings. The van der Waals surface area contributed by atoms with Gasteiger partial charge < -0.3 is 9.84 Å². The van der Waals surface area contributed by atoms with Crippen molar-refractivity contribution in [1.29, 1.82) is 0 Å². The molecule has 1 aliphatic rings. The molecular weight excluding hydrogens is 275 g/mol. The van der Waals surface area contributed by atoms with Crippen molar-refractivity contribution in [3.63, 3.8) is 0 Å². The smallest absolute Gasteiger partial charge is 0.425 e. The molecule has 2 rings (SSSR count). The molecule has 1 atom stereocenters. The number of ether oxygens (including phenoxy) is 1. The number of aromatic carboxylic acids is 1. The van der Waals surface area contributed by atoms with Crippen LogP contribution in [0.3, 0.4) is 0 Å². The van der Waals surface area contributed by atoms with Crippen molar-refractivity contribution in [3.8, 4) is 5.88 Å². The summed E-state index contributed by atoms with van der Waals surface area (Å²) < 4.78 is 43.2. The van der Waals surface area contributed by atoms with Crippen LogP contribution in [-0.2, 0) is 0 Å². The molecule has 1 heterocycles.